The number of hydrogen-bond acceptors (Lipinski definition) is 5. The second-order valence-corrected chi connectivity index (χ2v) is 7.83. The van der Waals surface area contributed by atoms with Gasteiger partial charge in [0.25, 0.3) is 0 Å². The van der Waals surface area contributed by atoms with Crippen LogP contribution in [-0.2, 0) is 37.5 Å². The van der Waals surface area contributed by atoms with Gasteiger partial charge in [-0.2, -0.15) is 5.10 Å². The van der Waals surface area contributed by atoms with Crippen molar-refractivity contribution in [2.24, 2.45) is 12.8 Å². The van der Waals surface area contributed by atoms with Crippen LogP contribution in [0.1, 0.15) is 35.1 Å². The Balaban J connectivity index is 0.000000138. The summed E-state index contributed by atoms with van der Waals surface area (Å²) >= 11 is 4.08. The molecule has 1 fully saturated rings. The Hall–Kier alpha value is -2.19. The lowest BCUT2D eigenvalue weighted by Crippen LogP contribution is -2.27. The van der Waals surface area contributed by atoms with Gasteiger partial charge < -0.3 is 20.1 Å². The molecular formula is C20H29N5O2S. The summed E-state index contributed by atoms with van der Waals surface area (Å²) in [4.78, 5) is 10.9. The first-order chi connectivity index (χ1) is 13.5. The van der Waals surface area contributed by atoms with Crippen LogP contribution in [0.2, 0.25) is 0 Å². The molecule has 3 N–H and O–H groups in total. The van der Waals surface area contributed by atoms with Crippen molar-refractivity contribution in [1.82, 2.24) is 9.78 Å². The molecule has 8 heteroatoms. The summed E-state index contributed by atoms with van der Waals surface area (Å²) in [5.41, 5.74) is 12.6. The van der Waals surface area contributed by atoms with E-state index >= 15 is 0 Å². The maximum Gasteiger partial charge on any atom is 0.316 e. The smallest absolute Gasteiger partial charge is 0.316 e. The lowest BCUT2D eigenvalue weighted by atomic mass is 9.76. The first-order valence-corrected chi connectivity index (χ1v) is 10.1. The van der Waals surface area contributed by atoms with Gasteiger partial charge in [-0.1, -0.05) is 18.9 Å². The van der Waals surface area contributed by atoms with Crippen LogP contribution < -0.4 is 15.4 Å². The number of carbonyl (C=O) groups excluding carboxylic acids is 1. The van der Waals surface area contributed by atoms with E-state index in [0.29, 0.717) is 0 Å². The van der Waals surface area contributed by atoms with Gasteiger partial charge in [0.15, 0.2) is 0 Å². The third-order valence-corrected chi connectivity index (χ3v) is 5.39. The van der Waals surface area contributed by atoms with Crippen LogP contribution in [-0.4, -0.2) is 36.1 Å². The first kappa shape index (κ1) is 20.5. The van der Waals surface area contributed by atoms with E-state index in [-0.39, 0.29) is 0 Å². The third-order valence-electron chi connectivity index (χ3n) is 5.16. The van der Waals surface area contributed by atoms with Crippen molar-refractivity contribution in [2.75, 3.05) is 29.9 Å². The maximum absolute atomic E-state index is 10.9. The van der Waals surface area contributed by atoms with E-state index in [1.54, 1.807) is 15.2 Å². The van der Waals surface area contributed by atoms with Crippen molar-refractivity contribution in [1.29, 1.82) is 0 Å². The molecule has 1 aromatic heterocycles. The largest absolute Gasteiger partial charge is 0.381 e. The number of fused-ring (bicyclic) bond motifs is 2. The average Bonchev–Trinajstić information content (AvgIpc) is 3.26. The molecule has 0 radical (unpaired) electrons. The minimum atomic E-state index is -0.445. The predicted molar refractivity (Wildman–Crippen MR) is 115 cm³/mol. The second kappa shape index (κ2) is 9.34. The fourth-order valence-corrected chi connectivity index (χ4v) is 3.53. The number of thiol groups is 1. The average molecular weight is 404 g/mol. The zero-order valence-electron chi connectivity index (χ0n) is 16.6. The van der Waals surface area contributed by atoms with Gasteiger partial charge in [-0.3, -0.25) is 4.68 Å². The Morgan fingerprint density at radius 2 is 1.82 bits per heavy atom. The fraction of sp³-hybridized carbons (Fsp3) is 0.500. The quantitative estimate of drug-likeness (QED) is 0.673. The molecule has 0 unspecified atom stereocenters. The molecule has 7 nitrogen and oxygen atoms in total. The highest BCUT2D eigenvalue weighted by atomic mass is 32.1. The second-order valence-electron chi connectivity index (χ2n) is 7.23. The Labute approximate surface area is 171 Å². The van der Waals surface area contributed by atoms with Gasteiger partial charge in [-0.25, -0.2) is 4.79 Å². The van der Waals surface area contributed by atoms with E-state index in [9.17, 15) is 4.79 Å². The first-order valence-electron chi connectivity index (χ1n) is 9.67. The fourth-order valence-electron chi connectivity index (χ4n) is 3.43. The van der Waals surface area contributed by atoms with Crippen LogP contribution in [0.25, 0.3) is 0 Å². The van der Waals surface area contributed by atoms with Gasteiger partial charge >= 0.3 is 6.03 Å². The topological polar surface area (TPSA) is 85.4 Å². The van der Waals surface area contributed by atoms with E-state index in [0.717, 1.165) is 50.3 Å². The molecular weight excluding hydrogens is 374 g/mol. The molecule has 0 saturated carbocycles. The number of rotatable bonds is 2. The molecule has 0 bridgehead atoms. The number of nitrogens with zero attached hydrogens (tertiary/aromatic N) is 3. The molecule has 0 atom stereocenters. The van der Waals surface area contributed by atoms with Gasteiger partial charge in [0.2, 0.25) is 0 Å². The molecule has 0 spiro atoms. The van der Waals surface area contributed by atoms with Crippen LogP contribution in [0.15, 0.2) is 18.5 Å². The molecule has 2 amide bonds. The number of nitrogens with two attached hydrogens (primary N) is 1. The Morgan fingerprint density at radius 1 is 1.21 bits per heavy atom. The van der Waals surface area contributed by atoms with E-state index in [1.807, 2.05) is 20.3 Å². The summed E-state index contributed by atoms with van der Waals surface area (Å²) < 4.78 is 8.40. The number of anilines is 2. The molecule has 1 saturated heterocycles. The van der Waals surface area contributed by atoms with Crippen molar-refractivity contribution in [3.05, 3.63) is 40.7 Å². The number of primary amides is 1. The Morgan fingerprint density at radius 3 is 2.11 bits per heavy atom. The Kier molecular flexibility index (Phi) is 6.85. The van der Waals surface area contributed by atoms with Gasteiger partial charge in [-0.05, 0) is 60.8 Å². The van der Waals surface area contributed by atoms with Crippen molar-refractivity contribution in [3.8, 4) is 0 Å². The lowest BCUT2D eigenvalue weighted by Gasteiger charge is -2.31. The summed E-state index contributed by atoms with van der Waals surface area (Å²) in [6.07, 6.45) is 10.7. The van der Waals surface area contributed by atoms with Gasteiger partial charge in [-0.15, -0.1) is 0 Å². The summed E-state index contributed by atoms with van der Waals surface area (Å²) in [6.45, 7) is 2.00. The van der Waals surface area contributed by atoms with Gasteiger partial charge in [0.1, 0.15) is 0 Å². The van der Waals surface area contributed by atoms with Crippen LogP contribution in [0.4, 0.5) is 16.2 Å². The number of carbonyl (C=O) groups is 1. The SMILES string of the molecule is C1CCOC1.CN(S)c1cnn(C)c1.NC(=O)Nc1c2c(cc3c1CC3)CC2. The van der Waals surface area contributed by atoms with Crippen LogP contribution in [0.5, 0.6) is 0 Å². The van der Waals surface area contributed by atoms with Crippen molar-refractivity contribution < 1.29 is 9.53 Å². The Bertz CT molecular complexity index is 792. The number of amides is 2. The molecule has 152 valence electrons. The highest BCUT2D eigenvalue weighted by Gasteiger charge is 2.27. The molecule has 1 aromatic carbocycles. The minimum absolute atomic E-state index is 0.445. The molecule has 2 aliphatic carbocycles. The number of nitrogens with one attached hydrogen (secondary N) is 1. The molecule has 28 heavy (non-hydrogen) atoms. The number of urea groups is 1. The van der Waals surface area contributed by atoms with Crippen LogP contribution >= 0.6 is 12.8 Å². The lowest BCUT2D eigenvalue weighted by molar-refractivity contribution is 0.198. The summed E-state index contributed by atoms with van der Waals surface area (Å²) in [6, 6.07) is 1.84. The number of hydrogen-bond donors (Lipinski definition) is 3. The molecule has 5 rings (SSSR count). The van der Waals surface area contributed by atoms with E-state index in [1.165, 1.54) is 35.1 Å². The highest BCUT2D eigenvalue weighted by Crippen LogP contribution is 2.40. The number of aromatic nitrogens is 2. The van der Waals surface area contributed by atoms with Crippen molar-refractivity contribution in [2.45, 2.75) is 38.5 Å². The monoisotopic (exact) mass is 403 g/mol. The highest BCUT2D eigenvalue weighted by molar-refractivity contribution is 7.81. The summed E-state index contributed by atoms with van der Waals surface area (Å²) in [5.74, 6) is 0. The summed E-state index contributed by atoms with van der Waals surface area (Å²) in [7, 11) is 3.74. The van der Waals surface area contributed by atoms with Crippen LogP contribution in [0, 0.1) is 0 Å². The van der Waals surface area contributed by atoms with E-state index in [4.69, 9.17) is 10.5 Å². The zero-order valence-corrected chi connectivity index (χ0v) is 17.5. The zero-order chi connectivity index (χ0) is 20.1. The number of aryl methyl sites for hydroxylation is 3. The van der Waals surface area contributed by atoms with Crippen molar-refractivity contribution in [3.63, 3.8) is 0 Å². The maximum atomic E-state index is 10.9. The van der Waals surface area contributed by atoms with Gasteiger partial charge in [0, 0.05) is 39.2 Å². The minimum Gasteiger partial charge on any atom is -0.381 e. The van der Waals surface area contributed by atoms with Crippen LogP contribution in [0.3, 0.4) is 0 Å². The van der Waals surface area contributed by atoms with Gasteiger partial charge in [0.05, 0.1) is 11.9 Å². The third kappa shape index (κ3) is 4.99. The molecule has 2 heterocycles. The number of benzene rings is 1. The predicted octanol–water partition coefficient (Wildman–Crippen LogP) is 2.87. The standard InChI is InChI=1S/C11H12N2O.C5H9N3S.C4H8O/c12-11(14)13-10-8-3-1-6(8)5-7-2-4-9(7)10;1-7-4-5(3-6-7)8(2)9;1-2-4-5-3-1/h5H,1-4H2,(H3,12,13,14);3-4,9H,1-2H3;1-4H2. The molecule has 2 aromatic rings. The van der Waals surface area contributed by atoms with E-state index in [2.05, 4.69) is 29.3 Å². The molecule has 3 aliphatic rings. The van der Waals surface area contributed by atoms with Crippen molar-refractivity contribution >= 4 is 30.2 Å². The normalized spacial score (nSPS) is 15.4. The molecule has 1 aliphatic heterocycles. The summed E-state index contributed by atoms with van der Waals surface area (Å²) in [5, 5.41) is 6.73. The van der Waals surface area contributed by atoms with E-state index < -0.39 is 6.03 Å². The number of ether oxygens (including phenoxy) is 1.